The van der Waals surface area contributed by atoms with Crippen LogP contribution in [0.1, 0.15) is 0 Å². The van der Waals surface area contributed by atoms with Gasteiger partial charge in [-0.15, -0.1) is 0 Å². The van der Waals surface area contributed by atoms with E-state index in [-0.39, 0.29) is 46.1 Å². The maximum absolute atomic E-state index is 8.33. The molecule has 0 spiro atoms. The van der Waals surface area contributed by atoms with Gasteiger partial charge in [-0.25, -0.2) is 0 Å². The second-order valence-electron chi connectivity index (χ2n) is 1.10. The van der Waals surface area contributed by atoms with Crippen LogP contribution in [-0.4, -0.2) is 86.6 Å². The molecule has 0 radical (unpaired) electrons. The molecule has 0 aliphatic rings. The molecule has 15 heavy (non-hydrogen) atoms. The van der Waals surface area contributed by atoms with Crippen LogP contribution < -0.4 is 20.4 Å². The van der Waals surface area contributed by atoms with Gasteiger partial charge in [-0.3, -0.25) is 0 Å². The molecule has 0 aromatic rings. The predicted molar refractivity (Wildman–Crippen MR) is 36.9 cm³/mol. The summed E-state index contributed by atoms with van der Waals surface area (Å²) in [6.07, 6.45) is -4.67. The van der Waals surface area contributed by atoms with E-state index < -0.39 is 21.4 Å². The Bertz CT molecular complexity index is 128. The summed E-state index contributed by atoms with van der Waals surface area (Å²) in [5.74, 6) is 0. The van der Waals surface area contributed by atoms with Gasteiger partial charge in [-0.05, 0) is 12.3 Å². The van der Waals surface area contributed by atoms with Gasteiger partial charge in [-0.2, -0.15) is 0 Å². The van der Waals surface area contributed by atoms with Crippen LogP contribution in [0, 0.1) is 0 Å². The molecule has 0 saturated heterocycles. The Morgan fingerprint density at radius 3 is 0.733 bits per heavy atom. The maximum atomic E-state index is 8.33. The molecule has 0 aromatic carbocycles. The van der Waals surface area contributed by atoms with Crippen LogP contribution in [-0.2, 0) is 0 Å². The average Bonchev–Trinajstić information content (AvgIpc) is 1.50. The Morgan fingerprint density at radius 2 is 0.733 bits per heavy atom. The molecular formula is C2H4Mg2O10Si. The van der Waals surface area contributed by atoms with Gasteiger partial charge in [0.1, 0.15) is 0 Å². The summed E-state index contributed by atoms with van der Waals surface area (Å²) in [7, 11) is -4.61. The number of carboxylic acid groups (broad SMARTS) is 4. The first kappa shape index (κ1) is 29.4. The topological polar surface area (TPSA) is 207 Å². The third kappa shape index (κ3) is 124000. The molecule has 0 amide bonds. The van der Waals surface area contributed by atoms with E-state index in [9.17, 15) is 0 Å². The standard InChI is InChI=1S/2CH2O3.2Mg.H4O4Si/c2*2-1(3)4;;;1-5(2,3)4/h2*(H2,2,3,4);;;1-4H/q;;2*+2;/p-4. The minimum Gasteiger partial charge on any atom is -0.652 e. The normalized spacial score (nSPS) is 7.20. The number of hydrogen-bond acceptors (Lipinski definition) is 10. The van der Waals surface area contributed by atoms with Crippen LogP contribution >= 0.6 is 0 Å². The first-order valence-corrected chi connectivity index (χ1v) is 3.91. The van der Waals surface area contributed by atoms with Crippen molar-refractivity contribution in [2.75, 3.05) is 0 Å². The Labute approximate surface area is 116 Å². The van der Waals surface area contributed by atoms with Gasteiger partial charge < -0.3 is 49.2 Å². The number of carbonyl (C=O) groups excluding carboxylic acids is 2. The van der Waals surface area contributed by atoms with Crippen molar-refractivity contribution in [2.45, 2.75) is 0 Å². The summed E-state index contributed by atoms with van der Waals surface area (Å²) >= 11 is 0. The van der Waals surface area contributed by atoms with Crippen molar-refractivity contribution in [3.63, 3.8) is 0 Å². The van der Waals surface area contributed by atoms with Crippen molar-refractivity contribution < 1.29 is 49.2 Å². The van der Waals surface area contributed by atoms with Crippen molar-refractivity contribution in [1.82, 2.24) is 0 Å². The second kappa shape index (κ2) is 16.6. The fourth-order valence-corrected chi connectivity index (χ4v) is 0. The molecule has 0 fully saturated rings. The molecule has 0 unspecified atom stereocenters. The number of rotatable bonds is 0. The Morgan fingerprint density at radius 1 is 0.733 bits per heavy atom. The fraction of sp³-hybridized carbons (Fsp3) is 0. The van der Waals surface area contributed by atoms with E-state index in [1.54, 1.807) is 0 Å². The van der Waals surface area contributed by atoms with Crippen LogP contribution in [0.2, 0.25) is 0 Å². The molecule has 0 aliphatic carbocycles. The molecule has 10 nitrogen and oxygen atoms in total. The fourth-order valence-electron chi connectivity index (χ4n) is 0. The van der Waals surface area contributed by atoms with Gasteiger partial charge >= 0.3 is 55.2 Å². The monoisotopic (exact) mass is 264 g/mol. The van der Waals surface area contributed by atoms with E-state index >= 15 is 0 Å². The SMILES string of the molecule is O=C([O-])[O-].O=C([O-])[O-].O[Si](O)(O)O.[Mg+2].[Mg+2]. The zero-order chi connectivity index (χ0) is 11.7. The molecule has 0 aromatic heterocycles. The number of carbonyl (C=O) groups is 2. The molecule has 0 rings (SSSR count). The molecule has 0 heterocycles. The quantitative estimate of drug-likeness (QED) is 0.304. The van der Waals surface area contributed by atoms with Crippen LogP contribution in [0.3, 0.4) is 0 Å². The zero-order valence-corrected chi connectivity index (χ0v) is 11.0. The van der Waals surface area contributed by atoms with Crippen molar-refractivity contribution in [2.24, 2.45) is 0 Å². The summed E-state index contributed by atoms with van der Waals surface area (Å²) in [6.45, 7) is 0. The molecule has 80 valence electrons. The van der Waals surface area contributed by atoms with Crippen LogP contribution in [0.25, 0.3) is 0 Å². The first-order chi connectivity index (χ1) is 5.46. The van der Waals surface area contributed by atoms with Gasteiger partial charge in [0.25, 0.3) is 0 Å². The third-order valence-electron chi connectivity index (χ3n) is 0. The summed E-state index contributed by atoms with van der Waals surface area (Å²) < 4.78 is 0. The minimum absolute atomic E-state index is 0. The van der Waals surface area contributed by atoms with Gasteiger partial charge in [0.15, 0.2) is 0 Å². The first-order valence-electron chi connectivity index (χ1n) is 2.12. The van der Waals surface area contributed by atoms with Gasteiger partial charge in [0, 0.05) is 0 Å². The molecule has 13 heteroatoms. The van der Waals surface area contributed by atoms with E-state index in [2.05, 4.69) is 0 Å². The van der Waals surface area contributed by atoms with E-state index in [4.69, 9.17) is 49.2 Å². The minimum atomic E-state index is -4.61. The summed E-state index contributed by atoms with van der Waals surface area (Å²) in [6, 6.07) is 0. The third-order valence-corrected chi connectivity index (χ3v) is 0. The molecule has 0 saturated carbocycles. The van der Waals surface area contributed by atoms with E-state index in [0.717, 1.165) is 0 Å². The molecule has 0 aliphatic heterocycles. The van der Waals surface area contributed by atoms with Crippen molar-refractivity contribution in [3.05, 3.63) is 0 Å². The van der Waals surface area contributed by atoms with E-state index in [1.807, 2.05) is 0 Å². The van der Waals surface area contributed by atoms with Gasteiger partial charge in [-0.1, -0.05) is 0 Å². The molecule has 0 atom stereocenters. The Balaban J connectivity index is -0.0000000315. The summed E-state index contributed by atoms with van der Waals surface area (Å²) in [5.41, 5.74) is 0. The Kier molecular flexibility index (Phi) is 32.5. The zero-order valence-electron chi connectivity index (χ0n) is 7.15. The summed E-state index contributed by atoms with van der Waals surface area (Å²) in [4.78, 5) is 46.0. The van der Waals surface area contributed by atoms with E-state index in [1.165, 1.54) is 0 Å². The van der Waals surface area contributed by atoms with Crippen molar-refractivity contribution >= 4 is 67.5 Å². The second-order valence-corrected chi connectivity index (χ2v) is 2.30. The number of hydrogen-bond donors (Lipinski definition) is 4. The van der Waals surface area contributed by atoms with E-state index in [0.29, 0.717) is 0 Å². The van der Waals surface area contributed by atoms with Gasteiger partial charge in [0.05, 0.1) is 0 Å². The largest absolute Gasteiger partial charge is 2.00 e. The average molecular weight is 265 g/mol. The predicted octanol–water partition coefficient (Wildman–Crippen LogP) is -8.26. The van der Waals surface area contributed by atoms with Gasteiger partial charge in [0.2, 0.25) is 0 Å². The molecule has 0 bridgehead atoms. The van der Waals surface area contributed by atoms with Crippen molar-refractivity contribution in [3.8, 4) is 0 Å². The summed E-state index contributed by atoms with van der Waals surface area (Å²) in [5, 5.41) is 33.3. The maximum Gasteiger partial charge on any atom is 2.00 e. The Hall–Kier alpha value is 0.129. The van der Waals surface area contributed by atoms with Crippen LogP contribution in [0.5, 0.6) is 0 Å². The molecular weight excluding hydrogens is 261 g/mol. The van der Waals surface area contributed by atoms with Crippen LogP contribution in [0.15, 0.2) is 0 Å². The van der Waals surface area contributed by atoms with Crippen molar-refractivity contribution in [1.29, 1.82) is 0 Å². The van der Waals surface area contributed by atoms with Crippen LogP contribution in [0.4, 0.5) is 9.59 Å². The molecule has 4 N–H and O–H groups in total. The smallest absolute Gasteiger partial charge is 0.652 e.